The fraction of sp³-hybridized carbons (Fsp3) is 0.364. The normalized spacial score (nSPS) is 10.5. The minimum atomic E-state index is -0.691. The summed E-state index contributed by atoms with van der Waals surface area (Å²) in [6.07, 6.45) is 1.15. The molecule has 0 N–H and O–H groups in total. The smallest absolute Gasteiger partial charge is 0.124 e. The Labute approximate surface area is 81.7 Å². The van der Waals surface area contributed by atoms with Crippen LogP contribution in [0.4, 0.5) is 8.78 Å². The van der Waals surface area contributed by atoms with Gasteiger partial charge in [0.05, 0.1) is 13.3 Å². The highest BCUT2D eigenvalue weighted by Gasteiger charge is 2.10. The summed E-state index contributed by atoms with van der Waals surface area (Å²) in [7, 11) is 0. The van der Waals surface area contributed by atoms with Crippen molar-refractivity contribution in [2.75, 3.05) is 13.3 Å². The van der Waals surface area contributed by atoms with Gasteiger partial charge in [-0.3, -0.25) is 8.78 Å². The van der Waals surface area contributed by atoms with E-state index in [2.05, 4.69) is 0 Å². The van der Waals surface area contributed by atoms with Crippen LogP contribution in [0.2, 0.25) is 0 Å². The molecule has 0 aliphatic heterocycles. The quantitative estimate of drug-likeness (QED) is 0.664. The summed E-state index contributed by atoms with van der Waals surface area (Å²) < 4.78 is 24.6. The van der Waals surface area contributed by atoms with Gasteiger partial charge >= 0.3 is 0 Å². The first-order valence-electron chi connectivity index (χ1n) is 4.46. The number of alkyl halides is 2. The Morgan fingerprint density at radius 2 is 1.71 bits per heavy atom. The summed E-state index contributed by atoms with van der Waals surface area (Å²) >= 11 is 0. The minimum Gasteiger partial charge on any atom is -0.303 e. The van der Waals surface area contributed by atoms with Crippen molar-refractivity contribution in [1.82, 2.24) is 0 Å². The Morgan fingerprint density at radius 3 is 2.14 bits per heavy atom. The molecule has 0 atom stereocenters. The number of hydrogen-bond donors (Lipinski definition) is 0. The molecule has 0 fully saturated rings. The molecular formula is C11H12F2O. The van der Waals surface area contributed by atoms with Crippen molar-refractivity contribution in [3.8, 4) is 0 Å². The predicted octanol–water partition coefficient (Wildman–Crippen LogP) is 2.45. The molecule has 3 heteroatoms. The molecule has 1 aromatic carbocycles. The third kappa shape index (κ3) is 2.62. The van der Waals surface area contributed by atoms with Crippen LogP contribution in [0.1, 0.15) is 17.0 Å². The molecule has 1 aromatic rings. The van der Waals surface area contributed by atoms with Crippen molar-refractivity contribution in [1.29, 1.82) is 0 Å². The van der Waals surface area contributed by atoms with Crippen molar-refractivity contribution in [3.05, 3.63) is 35.4 Å². The zero-order chi connectivity index (χ0) is 10.4. The van der Waals surface area contributed by atoms with Crippen LogP contribution >= 0.6 is 0 Å². The fourth-order valence-corrected chi connectivity index (χ4v) is 1.24. The van der Waals surface area contributed by atoms with Gasteiger partial charge in [0, 0.05) is 12.3 Å². The summed E-state index contributed by atoms with van der Waals surface area (Å²) in [5.74, 6) is -0.666. The summed E-state index contributed by atoms with van der Waals surface area (Å²) in [4.78, 5) is 10.2. The lowest BCUT2D eigenvalue weighted by Crippen LogP contribution is -2.03. The number of carbonyl (C=O) groups is 1. The molecule has 1 nitrogen and oxygen atoms in total. The molecule has 0 unspecified atom stereocenters. The zero-order valence-corrected chi connectivity index (χ0v) is 7.75. The maximum Gasteiger partial charge on any atom is 0.124 e. The van der Waals surface area contributed by atoms with Crippen molar-refractivity contribution in [2.24, 2.45) is 0 Å². The van der Waals surface area contributed by atoms with Crippen molar-refractivity contribution >= 4 is 6.29 Å². The lowest BCUT2D eigenvalue weighted by molar-refractivity contribution is -0.107. The average molecular weight is 198 g/mol. The highest BCUT2D eigenvalue weighted by Crippen LogP contribution is 2.17. The van der Waals surface area contributed by atoms with E-state index < -0.39 is 19.3 Å². The van der Waals surface area contributed by atoms with Crippen LogP contribution in [-0.4, -0.2) is 19.6 Å². The van der Waals surface area contributed by atoms with Gasteiger partial charge in [0.1, 0.15) is 6.29 Å². The molecule has 0 aliphatic rings. The molecule has 1 rings (SSSR count). The molecule has 14 heavy (non-hydrogen) atoms. The number of carbonyl (C=O) groups excluding carboxylic acids is 1. The zero-order valence-electron chi connectivity index (χ0n) is 7.75. The van der Waals surface area contributed by atoms with Gasteiger partial charge in [-0.1, -0.05) is 24.3 Å². The van der Waals surface area contributed by atoms with Gasteiger partial charge in [-0.2, -0.15) is 0 Å². The Bertz CT molecular complexity index is 278. The van der Waals surface area contributed by atoms with Crippen LogP contribution in [0, 0.1) is 0 Å². The van der Waals surface area contributed by atoms with Crippen LogP contribution in [0.25, 0.3) is 0 Å². The van der Waals surface area contributed by atoms with Crippen LogP contribution in [0.15, 0.2) is 24.3 Å². The summed E-state index contributed by atoms with van der Waals surface area (Å²) in [5.41, 5.74) is 1.50. The Balaban J connectivity index is 2.76. The second-order valence-electron chi connectivity index (χ2n) is 3.12. The van der Waals surface area contributed by atoms with Gasteiger partial charge < -0.3 is 4.79 Å². The number of hydrogen-bond acceptors (Lipinski definition) is 1. The molecular weight excluding hydrogens is 186 g/mol. The molecule has 0 aliphatic carbocycles. The summed E-state index contributed by atoms with van der Waals surface area (Å²) in [6, 6.07) is 6.79. The molecule has 76 valence electrons. The number of benzene rings is 1. The highest BCUT2D eigenvalue weighted by atomic mass is 19.1. The van der Waals surface area contributed by atoms with E-state index in [1.54, 1.807) is 24.3 Å². The molecule has 0 radical (unpaired) electrons. The Hall–Kier alpha value is -1.25. The van der Waals surface area contributed by atoms with Crippen molar-refractivity contribution < 1.29 is 13.6 Å². The van der Waals surface area contributed by atoms with E-state index in [-0.39, 0.29) is 0 Å². The lowest BCUT2D eigenvalue weighted by atomic mass is 10.00. The molecule has 0 saturated heterocycles. The second-order valence-corrected chi connectivity index (χ2v) is 3.12. The van der Waals surface area contributed by atoms with Gasteiger partial charge in [0.25, 0.3) is 0 Å². The first-order chi connectivity index (χ1) is 6.81. The highest BCUT2D eigenvalue weighted by molar-refractivity contribution is 5.54. The van der Waals surface area contributed by atoms with Crippen molar-refractivity contribution in [3.63, 3.8) is 0 Å². The molecule has 0 saturated carbocycles. The maximum atomic E-state index is 12.3. The van der Waals surface area contributed by atoms with Crippen molar-refractivity contribution in [2.45, 2.75) is 12.3 Å². The van der Waals surface area contributed by atoms with Crippen LogP contribution in [0.5, 0.6) is 0 Å². The SMILES string of the molecule is O=CCc1ccc(C(CF)CF)cc1. The largest absolute Gasteiger partial charge is 0.303 e. The van der Waals surface area contributed by atoms with E-state index in [4.69, 9.17) is 0 Å². The average Bonchev–Trinajstić information content (AvgIpc) is 2.23. The second kappa shape index (κ2) is 5.47. The van der Waals surface area contributed by atoms with Gasteiger partial charge in [-0.25, -0.2) is 0 Å². The van der Waals surface area contributed by atoms with Gasteiger partial charge in [0.15, 0.2) is 0 Å². The van der Waals surface area contributed by atoms with Gasteiger partial charge in [0.2, 0.25) is 0 Å². The van der Waals surface area contributed by atoms with Crippen LogP contribution < -0.4 is 0 Å². The van der Waals surface area contributed by atoms with E-state index in [1.807, 2.05) is 0 Å². The maximum absolute atomic E-state index is 12.3. The topological polar surface area (TPSA) is 17.1 Å². The summed E-state index contributed by atoms with van der Waals surface area (Å²) in [6.45, 7) is -1.38. The third-order valence-electron chi connectivity index (χ3n) is 2.14. The standard InChI is InChI=1S/C11H12F2O/c12-7-11(8-13)10-3-1-9(2-4-10)5-6-14/h1-4,6,11H,5,7-8H2. The number of rotatable bonds is 5. The molecule has 0 spiro atoms. The van der Waals surface area contributed by atoms with Crippen LogP contribution in [-0.2, 0) is 11.2 Å². The van der Waals surface area contributed by atoms with Crippen LogP contribution in [0.3, 0.4) is 0 Å². The number of aldehydes is 1. The van der Waals surface area contributed by atoms with E-state index in [9.17, 15) is 13.6 Å². The molecule has 0 aromatic heterocycles. The predicted molar refractivity (Wildman–Crippen MR) is 50.9 cm³/mol. The first-order valence-corrected chi connectivity index (χ1v) is 4.46. The lowest BCUT2D eigenvalue weighted by Gasteiger charge is -2.08. The molecule has 0 bridgehead atoms. The Morgan fingerprint density at radius 1 is 1.14 bits per heavy atom. The summed E-state index contributed by atoms with van der Waals surface area (Å²) in [5, 5.41) is 0. The van der Waals surface area contributed by atoms with E-state index in [0.29, 0.717) is 12.0 Å². The van der Waals surface area contributed by atoms with E-state index in [0.717, 1.165) is 11.8 Å². The molecule has 0 amide bonds. The van der Waals surface area contributed by atoms with E-state index in [1.165, 1.54) is 0 Å². The molecule has 0 heterocycles. The monoisotopic (exact) mass is 198 g/mol. The fourth-order valence-electron chi connectivity index (χ4n) is 1.24. The first kappa shape index (κ1) is 10.8. The minimum absolute atomic E-state index is 0.343. The Kier molecular flexibility index (Phi) is 4.23. The van der Waals surface area contributed by atoms with Gasteiger partial charge in [-0.15, -0.1) is 0 Å². The number of halogens is 2. The van der Waals surface area contributed by atoms with E-state index >= 15 is 0 Å². The van der Waals surface area contributed by atoms with Gasteiger partial charge in [-0.05, 0) is 11.1 Å². The third-order valence-corrected chi connectivity index (χ3v) is 2.14.